The molecule has 0 aromatic heterocycles. The molecule has 0 aliphatic heterocycles. The number of esters is 1. The minimum Gasteiger partial charge on any atom is -0.494 e. The lowest BCUT2D eigenvalue weighted by atomic mass is 10.0. The van der Waals surface area contributed by atoms with E-state index < -0.39 is 23.4 Å². The van der Waals surface area contributed by atoms with Crippen molar-refractivity contribution in [2.75, 3.05) is 6.61 Å². The van der Waals surface area contributed by atoms with Crippen LogP contribution in [0.15, 0.2) is 66.7 Å². The molecule has 0 saturated carbocycles. The normalized spacial score (nSPS) is 10.6. The molecule has 3 rings (SSSR count). The zero-order valence-corrected chi connectivity index (χ0v) is 24.9. The molecule has 0 aliphatic rings. The van der Waals surface area contributed by atoms with E-state index in [1.54, 1.807) is 12.1 Å². The van der Waals surface area contributed by atoms with Gasteiger partial charge >= 0.3 is 5.97 Å². The number of carbonyl (C=O) groups is 1. The number of ether oxygens (including phenoxy) is 2. The fourth-order valence-electron chi connectivity index (χ4n) is 4.68. The summed E-state index contributed by atoms with van der Waals surface area (Å²) in [6.07, 6.45) is 18.8. The van der Waals surface area contributed by atoms with Crippen molar-refractivity contribution < 1.29 is 23.0 Å². The maximum absolute atomic E-state index is 13.7. The molecule has 0 saturated heterocycles. The van der Waals surface area contributed by atoms with Gasteiger partial charge in [0, 0.05) is 11.1 Å². The van der Waals surface area contributed by atoms with Crippen molar-refractivity contribution in [2.24, 2.45) is 0 Å². The lowest BCUT2D eigenvalue weighted by Gasteiger charge is -2.06. The first-order valence-electron chi connectivity index (χ1n) is 15.6. The van der Waals surface area contributed by atoms with E-state index in [9.17, 15) is 13.6 Å². The Morgan fingerprint density at radius 1 is 0.643 bits per heavy atom. The van der Waals surface area contributed by atoms with Crippen LogP contribution in [-0.4, -0.2) is 12.6 Å². The Labute approximate surface area is 250 Å². The lowest BCUT2D eigenvalue weighted by Crippen LogP contribution is -2.09. The summed E-state index contributed by atoms with van der Waals surface area (Å²) in [5.41, 5.74) is 1.77. The number of hydrogen-bond acceptors (Lipinski definition) is 3. The number of halogens is 2. The molecular formula is C37H44F2O3. The Morgan fingerprint density at radius 3 is 1.69 bits per heavy atom. The summed E-state index contributed by atoms with van der Waals surface area (Å²) in [6.45, 7) is 3.00. The van der Waals surface area contributed by atoms with Crippen LogP contribution in [0.4, 0.5) is 8.78 Å². The molecular weight excluding hydrogens is 530 g/mol. The van der Waals surface area contributed by atoms with Gasteiger partial charge in [0.05, 0.1) is 12.2 Å². The second-order valence-corrected chi connectivity index (χ2v) is 10.7. The first-order valence-corrected chi connectivity index (χ1v) is 15.6. The van der Waals surface area contributed by atoms with Crippen LogP contribution >= 0.6 is 0 Å². The molecule has 0 amide bonds. The molecule has 3 aromatic rings. The summed E-state index contributed by atoms with van der Waals surface area (Å²) in [5.74, 6) is 3.51. The Kier molecular flexibility index (Phi) is 15.2. The van der Waals surface area contributed by atoms with Crippen molar-refractivity contribution in [1.29, 1.82) is 0 Å². The minimum atomic E-state index is -1.19. The highest BCUT2D eigenvalue weighted by Gasteiger charge is 2.14. The van der Waals surface area contributed by atoms with E-state index in [1.807, 2.05) is 24.3 Å². The second-order valence-electron chi connectivity index (χ2n) is 10.7. The molecule has 3 nitrogen and oxygen atoms in total. The number of unbranched alkanes of at least 4 members (excludes halogenated alkanes) is 13. The highest BCUT2D eigenvalue weighted by atomic mass is 19.2. The van der Waals surface area contributed by atoms with E-state index in [1.165, 1.54) is 108 Å². The Hall–Kier alpha value is -3.65. The Morgan fingerprint density at radius 2 is 1.14 bits per heavy atom. The van der Waals surface area contributed by atoms with Gasteiger partial charge in [0.2, 0.25) is 5.82 Å². The standard InChI is InChI=1S/C37H44F2O3/c1-2-3-4-5-6-7-8-9-10-11-12-13-14-15-29-41-33-27-23-31(24-28-33)20-19-30-21-25-32(26-22-30)37(40)42-35-18-16-17-34(38)36(35)39/h16-18,21-28H,2-15,29H2,1H3. The van der Waals surface area contributed by atoms with Crippen LogP contribution in [0.25, 0.3) is 0 Å². The van der Waals surface area contributed by atoms with E-state index in [2.05, 4.69) is 18.8 Å². The van der Waals surface area contributed by atoms with E-state index >= 15 is 0 Å². The molecule has 42 heavy (non-hydrogen) atoms. The molecule has 0 aliphatic carbocycles. The summed E-state index contributed by atoms with van der Waals surface area (Å²) in [7, 11) is 0. The average Bonchev–Trinajstić information content (AvgIpc) is 3.01. The van der Waals surface area contributed by atoms with E-state index in [0.29, 0.717) is 5.56 Å². The monoisotopic (exact) mass is 574 g/mol. The first-order chi connectivity index (χ1) is 20.6. The first kappa shape index (κ1) is 32.9. The predicted octanol–water partition coefficient (Wildman–Crippen LogP) is 10.4. The lowest BCUT2D eigenvalue weighted by molar-refractivity contribution is 0.0726. The number of rotatable bonds is 18. The van der Waals surface area contributed by atoms with Crippen LogP contribution in [0.5, 0.6) is 11.5 Å². The predicted molar refractivity (Wildman–Crippen MR) is 166 cm³/mol. The van der Waals surface area contributed by atoms with Gasteiger partial charge in [-0.1, -0.05) is 108 Å². The summed E-state index contributed by atoms with van der Waals surface area (Å²) < 4.78 is 37.9. The van der Waals surface area contributed by atoms with Crippen LogP contribution < -0.4 is 9.47 Å². The SMILES string of the molecule is CCCCCCCCCCCCCCCCOc1ccc(C#Cc2ccc(C(=O)Oc3cccc(F)c3F)cc2)cc1. The fraction of sp³-hybridized carbons (Fsp3) is 0.432. The zero-order valence-electron chi connectivity index (χ0n) is 24.9. The minimum absolute atomic E-state index is 0.213. The van der Waals surface area contributed by atoms with Crippen LogP contribution in [-0.2, 0) is 0 Å². The van der Waals surface area contributed by atoms with Crippen LogP contribution in [0.1, 0.15) is 118 Å². The van der Waals surface area contributed by atoms with Gasteiger partial charge in [-0.05, 0) is 67.1 Å². The summed E-state index contributed by atoms with van der Waals surface area (Å²) in [6, 6.07) is 17.6. The van der Waals surface area contributed by atoms with E-state index in [4.69, 9.17) is 9.47 Å². The molecule has 0 unspecified atom stereocenters. The van der Waals surface area contributed by atoms with Gasteiger partial charge < -0.3 is 9.47 Å². The Balaban J connectivity index is 1.27. The van der Waals surface area contributed by atoms with Crippen molar-refractivity contribution in [3.63, 3.8) is 0 Å². The Bertz CT molecular complexity index is 1260. The van der Waals surface area contributed by atoms with Crippen LogP contribution in [0.2, 0.25) is 0 Å². The summed E-state index contributed by atoms with van der Waals surface area (Å²) in [4.78, 5) is 12.3. The highest BCUT2D eigenvalue weighted by Crippen LogP contribution is 2.21. The topological polar surface area (TPSA) is 35.5 Å². The van der Waals surface area contributed by atoms with Gasteiger partial charge in [0.1, 0.15) is 5.75 Å². The van der Waals surface area contributed by atoms with Crippen molar-refractivity contribution in [2.45, 2.75) is 96.8 Å². The van der Waals surface area contributed by atoms with Crippen molar-refractivity contribution in [1.82, 2.24) is 0 Å². The number of benzene rings is 3. The quantitative estimate of drug-likeness (QED) is 0.0656. The van der Waals surface area contributed by atoms with Crippen molar-refractivity contribution in [3.8, 4) is 23.3 Å². The maximum Gasteiger partial charge on any atom is 0.343 e. The van der Waals surface area contributed by atoms with Gasteiger partial charge in [0.15, 0.2) is 11.6 Å². The molecule has 224 valence electrons. The molecule has 0 spiro atoms. The summed E-state index contributed by atoms with van der Waals surface area (Å²) >= 11 is 0. The molecule has 3 aromatic carbocycles. The van der Waals surface area contributed by atoms with E-state index in [-0.39, 0.29) is 5.56 Å². The number of carbonyl (C=O) groups excluding carboxylic acids is 1. The smallest absolute Gasteiger partial charge is 0.343 e. The second kappa shape index (κ2) is 19.5. The molecule has 0 N–H and O–H groups in total. The van der Waals surface area contributed by atoms with Gasteiger partial charge in [0.25, 0.3) is 0 Å². The fourth-order valence-corrected chi connectivity index (χ4v) is 4.68. The van der Waals surface area contributed by atoms with Crippen molar-refractivity contribution >= 4 is 5.97 Å². The van der Waals surface area contributed by atoms with Gasteiger partial charge in [-0.15, -0.1) is 0 Å². The van der Waals surface area contributed by atoms with E-state index in [0.717, 1.165) is 30.4 Å². The summed E-state index contributed by atoms with van der Waals surface area (Å²) in [5, 5.41) is 0. The molecule has 0 fully saturated rings. The number of hydrogen-bond donors (Lipinski definition) is 0. The molecule has 0 atom stereocenters. The van der Waals surface area contributed by atoms with Gasteiger partial charge in [-0.2, -0.15) is 4.39 Å². The largest absolute Gasteiger partial charge is 0.494 e. The zero-order chi connectivity index (χ0) is 29.8. The maximum atomic E-state index is 13.7. The third-order valence-electron chi connectivity index (χ3n) is 7.21. The molecule has 0 bridgehead atoms. The van der Waals surface area contributed by atoms with Gasteiger partial charge in [-0.25, -0.2) is 9.18 Å². The highest BCUT2D eigenvalue weighted by molar-refractivity contribution is 5.91. The van der Waals surface area contributed by atoms with Crippen LogP contribution in [0.3, 0.4) is 0 Å². The third kappa shape index (κ3) is 12.5. The van der Waals surface area contributed by atoms with Crippen molar-refractivity contribution in [3.05, 3.63) is 95.1 Å². The molecule has 0 radical (unpaired) electrons. The van der Waals surface area contributed by atoms with Gasteiger partial charge in [-0.3, -0.25) is 0 Å². The van der Waals surface area contributed by atoms with Crippen LogP contribution in [0, 0.1) is 23.5 Å². The third-order valence-corrected chi connectivity index (χ3v) is 7.21. The molecule has 5 heteroatoms. The molecule has 0 heterocycles. The average molecular weight is 575 g/mol.